The van der Waals surface area contributed by atoms with Gasteiger partial charge in [0.05, 0.1) is 12.9 Å². The van der Waals surface area contributed by atoms with Crippen LogP contribution in [-0.2, 0) is 4.74 Å². The number of ether oxygens (including phenoxy) is 1. The maximum Gasteiger partial charge on any atom is 0.0844 e. The third kappa shape index (κ3) is 13.6. The van der Waals surface area contributed by atoms with Crippen molar-refractivity contribution in [1.82, 2.24) is 0 Å². The van der Waals surface area contributed by atoms with Crippen LogP contribution >= 0.6 is 0 Å². The lowest BCUT2D eigenvalue weighted by molar-refractivity contribution is 0.270. The number of aryl methyl sites for hydroxylation is 3. The first-order valence-corrected chi connectivity index (χ1v) is 10.7. The first kappa shape index (κ1) is 28.4. The molecule has 0 saturated carbocycles. The van der Waals surface area contributed by atoms with Crippen LogP contribution in [0.2, 0.25) is 0 Å². The van der Waals surface area contributed by atoms with E-state index in [2.05, 4.69) is 100 Å². The van der Waals surface area contributed by atoms with Crippen LogP contribution in [0.5, 0.6) is 0 Å². The fourth-order valence-electron chi connectivity index (χ4n) is 2.43. The number of hydrogen-bond donors (Lipinski definition) is 0. The van der Waals surface area contributed by atoms with Crippen LogP contribution in [0.15, 0.2) is 105 Å². The van der Waals surface area contributed by atoms with Crippen LogP contribution in [0.4, 0.5) is 0 Å². The van der Waals surface area contributed by atoms with Crippen LogP contribution in [0.1, 0.15) is 40.3 Å². The number of hydrogen-bond acceptors (Lipinski definition) is 1. The Bertz CT molecular complexity index is 933. The Kier molecular flexibility index (Phi) is 16.2. The van der Waals surface area contributed by atoms with E-state index in [1.54, 1.807) is 0 Å². The average molecular weight is 427 g/mol. The van der Waals surface area contributed by atoms with Gasteiger partial charge in [-0.1, -0.05) is 128 Å². The highest BCUT2D eigenvalue weighted by molar-refractivity contribution is 5.51. The van der Waals surface area contributed by atoms with E-state index in [9.17, 15) is 0 Å². The van der Waals surface area contributed by atoms with Crippen molar-refractivity contribution in [2.45, 2.75) is 27.7 Å². The van der Waals surface area contributed by atoms with Crippen molar-refractivity contribution in [1.29, 1.82) is 0 Å². The molecule has 3 aromatic carbocycles. The van der Waals surface area contributed by atoms with Crippen molar-refractivity contribution in [3.05, 3.63) is 139 Å². The van der Waals surface area contributed by atoms with E-state index in [0.717, 1.165) is 6.61 Å². The Morgan fingerprint density at radius 3 is 1.66 bits per heavy atom. The van der Waals surface area contributed by atoms with Crippen LogP contribution < -0.4 is 0 Å². The second kappa shape index (κ2) is 18.2. The molecule has 32 heavy (non-hydrogen) atoms. The summed E-state index contributed by atoms with van der Waals surface area (Å²) in [7, 11) is 0. The Hall–Kier alpha value is -3.58. The molecule has 0 heterocycles. The van der Waals surface area contributed by atoms with Crippen molar-refractivity contribution >= 4 is 18.2 Å². The Morgan fingerprint density at radius 2 is 1.28 bits per heavy atom. The molecular formula is C31H38O. The summed E-state index contributed by atoms with van der Waals surface area (Å²) in [6.45, 7) is 23.2. The first-order valence-electron chi connectivity index (χ1n) is 10.7. The molecule has 0 unspecified atom stereocenters. The summed E-state index contributed by atoms with van der Waals surface area (Å²) in [6.07, 6.45) is 7.00. The van der Waals surface area contributed by atoms with Gasteiger partial charge in [0.1, 0.15) is 0 Å². The van der Waals surface area contributed by atoms with E-state index in [4.69, 9.17) is 0 Å². The smallest absolute Gasteiger partial charge is 0.0844 e. The van der Waals surface area contributed by atoms with Crippen molar-refractivity contribution in [3.63, 3.8) is 0 Å². The molecule has 0 N–H and O–H groups in total. The van der Waals surface area contributed by atoms with Crippen molar-refractivity contribution in [2.75, 3.05) is 6.61 Å². The third-order valence-corrected chi connectivity index (χ3v) is 4.28. The zero-order valence-corrected chi connectivity index (χ0v) is 20.2. The van der Waals surface area contributed by atoms with Gasteiger partial charge < -0.3 is 4.74 Å². The highest BCUT2D eigenvalue weighted by Gasteiger charge is 1.87. The maximum atomic E-state index is 4.60. The summed E-state index contributed by atoms with van der Waals surface area (Å²) in [4.78, 5) is 0. The fraction of sp³-hybridized carbons (Fsp3) is 0.161. The minimum Gasteiger partial charge on any atom is -0.502 e. The largest absolute Gasteiger partial charge is 0.502 e. The Balaban J connectivity index is 0.000000410. The molecule has 1 heteroatoms. The molecule has 0 aliphatic carbocycles. The molecule has 0 aliphatic rings. The zero-order chi connectivity index (χ0) is 24.2. The van der Waals surface area contributed by atoms with E-state index in [-0.39, 0.29) is 0 Å². The molecule has 1 nitrogen and oxygen atoms in total. The van der Waals surface area contributed by atoms with Crippen LogP contribution in [0, 0.1) is 20.8 Å². The molecule has 0 spiro atoms. The second-order valence-electron chi connectivity index (χ2n) is 6.92. The van der Waals surface area contributed by atoms with Gasteiger partial charge >= 0.3 is 0 Å². The predicted octanol–water partition coefficient (Wildman–Crippen LogP) is 9.08. The first-order chi connectivity index (χ1) is 15.4. The monoisotopic (exact) mass is 426 g/mol. The summed E-state index contributed by atoms with van der Waals surface area (Å²) in [5, 5.41) is 0. The molecule has 0 bridgehead atoms. The molecule has 0 radical (unpaired) electrons. The lowest BCUT2D eigenvalue weighted by Crippen LogP contribution is -1.75. The highest BCUT2D eigenvalue weighted by atomic mass is 16.5. The molecule has 168 valence electrons. The molecule has 0 saturated heterocycles. The van der Waals surface area contributed by atoms with Crippen molar-refractivity contribution < 1.29 is 4.74 Å². The molecule has 3 rings (SSSR count). The number of benzene rings is 3. The van der Waals surface area contributed by atoms with E-state index < -0.39 is 0 Å². The quantitative estimate of drug-likeness (QED) is 0.370. The van der Waals surface area contributed by atoms with Gasteiger partial charge in [0.2, 0.25) is 0 Å². The molecule has 0 fully saturated rings. The predicted molar refractivity (Wildman–Crippen MR) is 146 cm³/mol. The zero-order valence-electron chi connectivity index (χ0n) is 20.2. The van der Waals surface area contributed by atoms with Gasteiger partial charge in [-0.3, -0.25) is 0 Å². The van der Waals surface area contributed by atoms with Gasteiger partial charge in [-0.25, -0.2) is 0 Å². The van der Waals surface area contributed by atoms with Gasteiger partial charge in [-0.05, 0) is 49.9 Å². The summed E-state index contributed by atoms with van der Waals surface area (Å²) < 4.78 is 4.60. The highest BCUT2D eigenvalue weighted by Crippen LogP contribution is 2.07. The van der Waals surface area contributed by atoms with Gasteiger partial charge in [0, 0.05) is 0 Å². The fourth-order valence-corrected chi connectivity index (χ4v) is 2.43. The summed E-state index contributed by atoms with van der Waals surface area (Å²) in [6, 6.07) is 24.7. The van der Waals surface area contributed by atoms with E-state index in [1.807, 2.05) is 49.4 Å². The van der Waals surface area contributed by atoms with E-state index in [1.165, 1.54) is 39.6 Å². The summed E-state index contributed by atoms with van der Waals surface area (Å²) >= 11 is 0. The molecular weight excluding hydrogens is 388 g/mol. The standard InChI is InChI=1S/3C9H10.C4H8O/c1-3-9-6-4-8(2)5-7-9;1-3-9-6-4-5-8(2)7-9;1-3-9-7-5-4-6-8(9)2;1-3-5-4-2/h3*3-7H,1H2,2H3;3H,1,4H2,2H3. The molecule has 3 aromatic rings. The van der Waals surface area contributed by atoms with Gasteiger partial charge in [0.15, 0.2) is 0 Å². The lowest BCUT2D eigenvalue weighted by atomic mass is 10.1. The topological polar surface area (TPSA) is 9.23 Å². The van der Waals surface area contributed by atoms with E-state index in [0.29, 0.717) is 0 Å². The lowest BCUT2D eigenvalue weighted by Gasteiger charge is -1.95. The minimum absolute atomic E-state index is 0.726. The normalized spacial score (nSPS) is 8.62. The third-order valence-electron chi connectivity index (χ3n) is 4.28. The van der Waals surface area contributed by atoms with Crippen molar-refractivity contribution in [3.8, 4) is 0 Å². The maximum absolute atomic E-state index is 4.60. The molecule has 0 aliphatic heterocycles. The van der Waals surface area contributed by atoms with E-state index >= 15 is 0 Å². The minimum atomic E-state index is 0.726. The summed E-state index contributed by atoms with van der Waals surface area (Å²) in [5.41, 5.74) is 7.45. The second-order valence-corrected chi connectivity index (χ2v) is 6.92. The SMILES string of the molecule is C=COCC.C=Cc1ccc(C)cc1.C=Cc1cccc(C)c1.C=Cc1ccccc1C. The molecule has 0 atom stereocenters. The Morgan fingerprint density at radius 1 is 0.656 bits per heavy atom. The summed E-state index contributed by atoms with van der Waals surface area (Å²) in [5.74, 6) is 0. The Labute approximate surface area is 196 Å². The number of rotatable bonds is 5. The molecule has 0 aromatic heterocycles. The van der Waals surface area contributed by atoms with Gasteiger partial charge in [0.25, 0.3) is 0 Å². The van der Waals surface area contributed by atoms with Gasteiger partial charge in [-0.15, -0.1) is 0 Å². The van der Waals surface area contributed by atoms with Crippen LogP contribution in [-0.4, -0.2) is 6.61 Å². The molecule has 0 amide bonds. The van der Waals surface area contributed by atoms with Crippen molar-refractivity contribution in [2.24, 2.45) is 0 Å². The average Bonchev–Trinajstić information content (AvgIpc) is 2.82. The van der Waals surface area contributed by atoms with Crippen LogP contribution in [0.25, 0.3) is 18.2 Å². The van der Waals surface area contributed by atoms with Gasteiger partial charge in [-0.2, -0.15) is 0 Å². The van der Waals surface area contributed by atoms with Crippen LogP contribution in [0.3, 0.4) is 0 Å².